The smallest absolute Gasteiger partial charge is 0.325 e. The molecule has 1 aromatic rings. The summed E-state index contributed by atoms with van der Waals surface area (Å²) >= 11 is 0. The molecule has 2 aliphatic rings. The monoisotopic (exact) mass is 361 g/mol. The van der Waals surface area contributed by atoms with Crippen molar-refractivity contribution in [1.29, 1.82) is 0 Å². The summed E-state index contributed by atoms with van der Waals surface area (Å²) < 4.78 is 13.1. The Bertz CT molecular complexity index is 713. The molecule has 1 aromatic carbocycles. The van der Waals surface area contributed by atoms with E-state index in [2.05, 4.69) is 5.32 Å². The van der Waals surface area contributed by atoms with Gasteiger partial charge in [0.1, 0.15) is 17.9 Å². The number of halogens is 1. The van der Waals surface area contributed by atoms with E-state index in [0.29, 0.717) is 12.8 Å². The first kappa shape index (κ1) is 18.4. The molecule has 0 radical (unpaired) electrons. The summed E-state index contributed by atoms with van der Waals surface area (Å²) in [6.45, 7) is 1.54. The number of carbonyl (C=O) groups is 3. The first-order chi connectivity index (χ1) is 12.3. The number of rotatable bonds is 4. The van der Waals surface area contributed by atoms with Crippen LogP contribution in [0.4, 0.5) is 9.18 Å². The molecule has 1 aliphatic carbocycles. The maximum Gasteiger partial charge on any atom is 0.325 e. The number of imide groups is 1. The van der Waals surface area contributed by atoms with Gasteiger partial charge in [0.05, 0.1) is 6.04 Å². The Morgan fingerprint density at radius 3 is 2.46 bits per heavy atom. The molecule has 1 N–H and O–H groups in total. The molecule has 1 heterocycles. The molecule has 0 aromatic heterocycles. The Morgan fingerprint density at radius 2 is 1.85 bits per heavy atom. The van der Waals surface area contributed by atoms with Gasteiger partial charge in [-0.3, -0.25) is 14.5 Å². The van der Waals surface area contributed by atoms with E-state index in [1.807, 2.05) is 6.92 Å². The van der Waals surface area contributed by atoms with Crippen molar-refractivity contribution in [3.8, 4) is 0 Å². The highest BCUT2D eigenvalue weighted by atomic mass is 19.1. The summed E-state index contributed by atoms with van der Waals surface area (Å²) in [6, 6.07) is 5.13. The molecular formula is C19H24FN3O3. The van der Waals surface area contributed by atoms with Crippen molar-refractivity contribution in [2.45, 2.75) is 50.6 Å². The molecule has 140 valence electrons. The molecular weight excluding hydrogens is 337 g/mol. The van der Waals surface area contributed by atoms with Gasteiger partial charge in [0.25, 0.3) is 5.91 Å². The lowest BCUT2D eigenvalue weighted by Gasteiger charge is -2.31. The highest BCUT2D eigenvalue weighted by Gasteiger charge is 2.51. The van der Waals surface area contributed by atoms with Gasteiger partial charge in [-0.1, -0.05) is 31.4 Å². The number of nitrogens with one attached hydrogen (secondary N) is 1. The van der Waals surface area contributed by atoms with Crippen molar-refractivity contribution in [1.82, 2.24) is 15.1 Å². The van der Waals surface area contributed by atoms with E-state index in [1.54, 1.807) is 19.2 Å². The van der Waals surface area contributed by atoms with E-state index in [1.165, 1.54) is 17.0 Å². The van der Waals surface area contributed by atoms with E-state index in [-0.39, 0.29) is 30.2 Å². The molecule has 26 heavy (non-hydrogen) atoms. The molecule has 0 unspecified atom stereocenters. The fourth-order valence-electron chi connectivity index (χ4n) is 3.74. The first-order valence-corrected chi connectivity index (χ1v) is 8.99. The van der Waals surface area contributed by atoms with Crippen LogP contribution in [-0.4, -0.2) is 46.8 Å². The minimum atomic E-state index is -0.823. The van der Waals surface area contributed by atoms with Crippen LogP contribution in [0.3, 0.4) is 0 Å². The molecule has 1 spiro atoms. The zero-order valence-corrected chi connectivity index (χ0v) is 15.1. The van der Waals surface area contributed by atoms with Crippen LogP contribution in [0.5, 0.6) is 0 Å². The van der Waals surface area contributed by atoms with E-state index < -0.39 is 11.6 Å². The topological polar surface area (TPSA) is 69.7 Å². The molecule has 0 bridgehead atoms. The zero-order chi connectivity index (χ0) is 18.9. The molecule has 2 fully saturated rings. The molecule has 3 rings (SSSR count). The molecule has 1 saturated carbocycles. The third-order valence-corrected chi connectivity index (χ3v) is 5.57. The average molecular weight is 361 g/mol. The van der Waals surface area contributed by atoms with Crippen molar-refractivity contribution >= 4 is 17.8 Å². The van der Waals surface area contributed by atoms with Crippen LogP contribution in [0.25, 0.3) is 0 Å². The zero-order valence-electron chi connectivity index (χ0n) is 15.1. The Morgan fingerprint density at radius 1 is 1.23 bits per heavy atom. The highest BCUT2D eigenvalue weighted by Crippen LogP contribution is 2.33. The van der Waals surface area contributed by atoms with E-state index in [0.717, 1.165) is 29.7 Å². The van der Waals surface area contributed by atoms with Crippen molar-refractivity contribution < 1.29 is 18.8 Å². The van der Waals surface area contributed by atoms with Gasteiger partial charge < -0.3 is 10.2 Å². The Kier molecular flexibility index (Phi) is 4.98. The minimum absolute atomic E-state index is 0.283. The first-order valence-electron chi connectivity index (χ1n) is 8.99. The number of amides is 4. The lowest BCUT2D eigenvalue weighted by Crippen LogP contribution is -2.49. The number of urea groups is 1. The van der Waals surface area contributed by atoms with Crippen molar-refractivity contribution in [3.63, 3.8) is 0 Å². The van der Waals surface area contributed by atoms with Gasteiger partial charge in [0.15, 0.2) is 0 Å². The highest BCUT2D eigenvalue weighted by molar-refractivity contribution is 6.09. The normalized spacial score (nSPS) is 20.2. The molecule has 1 aliphatic heterocycles. The van der Waals surface area contributed by atoms with Gasteiger partial charge in [0.2, 0.25) is 5.91 Å². The quantitative estimate of drug-likeness (QED) is 0.838. The lowest BCUT2D eigenvalue weighted by atomic mass is 9.82. The minimum Gasteiger partial charge on any atom is -0.337 e. The Labute approximate surface area is 152 Å². The number of nitrogens with zero attached hydrogens (tertiary/aromatic N) is 2. The number of hydrogen-bond donors (Lipinski definition) is 1. The predicted molar refractivity (Wildman–Crippen MR) is 93.6 cm³/mol. The second-order valence-corrected chi connectivity index (χ2v) is 7.20. The van der Waals surface area contributed by atoms with Crippen LogP contribution in [0.15, 0.2) is 24.3 Å². The van der Waals surface area contributed by atoms with Crippen LogP contribution in [0, 0.1) is 5.82 Å². The third-order valence-electron chi connectivity index (χ3n) is 5.57. The Balaban J connectivity index is 1.67. The molecule has 1 saturated heterocycles. The van der Waals surface area contributed by atoms with Crippen molar-refractivity contribution in [2.24, 2.45) is 0 Å². The maximum atomic E-state index is 13.1. The summed E-state index contributed by atoms with van der Waals surface area (Å²) in [5.74, 6) is -0.969. The number of carbonyl (C=O) groups excluding carboxylic acids is 3. The molecule has 1 atom stereocenters. The van der Waals surface area contributed by atoms with Crippen molar-refractivity contribution in [3.05, 3.63) is 35.6 Å². The van der Waals surface area contributed by atoms with Crippen LogP contribution >= 0.6 is 0 Å². The predicted octanol–water partition coefficient (Wildman–Crippen LogP) is 2.60. The van der Waals surface area contributed by atoms with Gasteiger partial charge in [0, 0.05) is 7.05 Å². The second kappa shape index (κ2) is 7.05. The maximum absolute atomic E-state index is 13.1. The lowest BCUT2D eigenvalue weighted by molar-refractivity contribution is -0.139. The summed E-state index contributed by atoms with van der Waals surface area (Å²) in [5, 5.41) is 2.81. The number of hydrogen-bond acceptors (Lipinski definition) is 3. The van der Waals surface area contributed by atoms with Crippen LogP contribution in [0.2, 0.25) is 0 Å². The summed E-state index contributed by atoms with van der Waals surface area (Å²) in [6.07, 6.45) is 4.11. The molecule has 7 heteroatoms. The summed E-state index contributed by atoms with van der Waals surface area (Å²) in [7, 11) is 1.62. The van der Waals surface area contributed by atoms with Crippen LogP contribution in [0.1, 0.15) is 50.6 Å². The van der Waals surface area contributed by atoms with Gasteiger partial charge in [-0.15, -0.1) is 0 Å². The number of likely N-dealkylation sites (N-methyl/N-ethyl adjacent to an activating group) is 1. The summed E-state index contributed by atoms with van der Waals surface area (Å²) in [5.41, 5.74) is -0.0419. The second-order valence-electron chi connectivity index (χ2n) is 7.20. The SMILES string of the molecule is C[C@@H](c1ccc(F)cc1)N(C)C(=O)CN1C(=O)NC2(CCCCC2)C1=O. The Hall–Kier alpha value is -2.44. The van der Waals surface area contributed by atoms with Crippen molar-refractivity contribution in [2.75, 3.05) is 13.6 Å². The van der Waals surface area contributed by atoms with Crippen LogP contribution < -0.4 is 5.32 Å². The molecule has 6 nitrogen and oxygen atoms in total. The van der Waals surface area contributed by atoms with Gasteiger partial charge >= 0.3 is 6.03 Å². The fraction of sp³-hybridized carbons (Fsp3) is 0.526. The van der Waals surface area contributed by atoms with E-state index in [4.69, 9.17) is 0 Å². The van der Waals surface area contributed by atoms with Crippen LogP contribution in [-0.2, 0) is 9.59 Å². The largest absolute Gasteiger partial charge is 0.337 e. The van der Waals surface area contributed by atoms with Gasteiger partial charge in [-0.2, -0.15) is 0 Å². The summed E-state index contributed by atoms with van der Waals surface area (Å²) in [4.78, 5) is 40.2. The molecule has 4 amide bonds. The third kappa shape index (κ3) is 3.30. The fourth-order valence-corrected chi connectivity index (χ4v) is 3.74. The van der Waals surface area contributed by atoms with E-state index in [9.17, 15) is 18.8 Å². The average Bonchev–Trinajstić information content (AvgIpc) is 2.85. The van der Waals surface area contributed by atoms with Gasteiger partial charge in [-0.05, 0) is 37.5 Å². The van der Waals surface area contributed by atoms with E-state index >= 15 is 0 Å². The van der Waals surface area contributed by atoms with Gasteiger partial charge in [-0.25, -0.2) is 9.18 Å². The number of benzene rings is 1. The standard InChI is InChI=1S/C19H24FN3O3/c1-13(14-6-8-15(20)9-7-14)22(2)16(24)12-23-17(25)19(21-18(23)26)10-4-3-5-11-19/h6-9,13H,3-5,10-12H2,1-2H3,(H,21,26)/t13-/m0/s1.